The van der Waals surface area contributed by atoms with Crippen LogP contribution in [-0.4, -0.2) is 15.2 Å². The van der Waals surface area contributed by atoms with Crippen molar-refractivity contribution in [3.8, 4) is 0 Å². The summed E-state index contributed by atoms with van der Waals surface area (Å²) in [7, 11) is 0. The highest BCUT2D eigenvalue weighted by molar-refractivity contribution is 5.60. The molecule has 0 radical (unpaired) electrons. The number of para-hydroxylation sites is 1. The van der Waals surface area contributed by atoms with E-state index in [9.17, 15) is 0 Å². The van der Waals surface area contributed by atoms with Crippen LogP contribution in [0.3, 0.4) is 0 Å². The van der Waals surface area contributed by atoms with E-state index in [0.717, 1.165) is 5.69 Å². The molecule has 0 unspecified atom stereocenters. The summed E-state index contributed by atoms with van der Waals surface area (Å²) >= 11 is 0. The molecule has 16 heavy (non-hydrogen) atoms. The quantitative estimate of drug-likeness (QED) is 0.811. The molecule has 0 bridgehead atoms. The number of hydrogen-bond acceptors (Lipinski definition) is 3. The highest BCUT2D eigenvalue weighted by Crippen LogP contribution is 2.30. The first-order valence-corrected chi connectivity index (χ1v) is 5.29. The van der Waals surface area contributed by atoms with E-state index in [2.05, 4.69) is 47.3 Å². The number of hydrogen-bond donors (Lipinski definition) is 2. The first-order chi connectivity index (χ1) is 7.57. The standard InChI is InChI=1S/C12H16N4/c1-12(2,3)9-6-4-5-7-10(9)15-11-13-8-14-16-11/h4-8H,1-3H3,(H2,13,14,15,16). The average Bonchev–Trinajstić information content (AvgIpc) is 2.70. The fraction of sp³-hybridized carbons (Fsp3) is 0.333. The molecule has 0 spiro atoms. The van der Waals surface area contributed by atoms with Gasteiger partial charge in [-0.05, 0) is 17.0 Å². The van der Waals surface area contributed by atoms with Gasteiger partial charge >= 0.3 is 0 Å². The van der Waals surface area contributed by atoms with Gasteiger partial charge < -0.3 is 5.32 Å². The van der Waals surface area contributed by atoms with Crippen molar-refractivity contribution in [2.24, 2.45) is 0 Å². The van der Waals surface area contributed by atoms with Crippen molar-refractivity contribution in [3.05, 3.63) is 36.2 Å². The number of nitrogens with one attached hydrogen (secondary N) is 2. The van der Waals surface area contributed by atoms with Crippen LogP contribution in [0.5, 0.6) is 0 Å². The summed E-state index contributed by atoms with van der Waals surface area (Å²) < 4.78 is 0. The van der Waals surface area contributed by atoms with Crippen LogP contribution in [0.25, 0.3) is 0 Å². The zero-order valence-electron chi connectivity index (χ0n) is 9.78. The Bertz CT molecular complexity index is 454. The van der Waals surface area contributed by atoms with Crippen molar-refractivity contribution < 1.29 is 0 Å². The summed E-state index contributed by atoms with van der Waals surface area (Å²) in [4.78, 5) is 4.06. The molecule has 1 heterocycles. The predicted molar refractivity (Wildman–Crippen MR) is 64.8 cm³/mol. The van der Waals surface area contributed by atoms with Crippen molar-refractivity contribution in [1.29, 1.82) is 0 Å². The Labute approximate surface area is 95.1 Å². The molecule has 0 aliphatic carbocycles. The fourth-order valence-electron chi connectivity index (χ4n) is 1.64. The molecule has 84 valence electrons. The molecule has 0 saturated carbocycles. The summed E-state index contributed by atoms with van der Waals surface area (Å²) in [5.41, 5.74) is 2.42. The molecule has 2 rings (SSSR count). The maximum atomic E-state index is 4.06. The van der Waals surface area contributed by atoms with Gasteiger partial charge in [0.25, 0.3) is 0 Å². The van der Waals surface area contributed by atoms with Gasteiger partial charge in [-0.15, -0.1) is 0 Å². The first kappa shape index (κ1) is 10.7. The van der Waals surface area contributed by atoms with Crippen LogP contribution in [0.1, 0.15) is 26.3 Å². The molecule has 4 heteroatoms. The number of aromatic nitrogens is 3. The van der Waals surface area contributed by atoms with Gasteiger partial charge in [0, 0.05) is 5.69 Å². The van der Waals surface area contributed by atoms with E-state index in [1.54, 1.807) is 0 Å². The van der Waals surface area contributed by atoms with Gasteiger partial charge in [0.1, 0.15) is 6.33 Å². The van der Waals surface area contributed by atoms with Crippen LogP contribution >= 0.6 is 0 Å². The third-order valence-electron chi connectivity index (χ3n) is 2.40. The lowest BCUT2D eigenvalue weighted by atomic mass is 9.86. The highest BCUT2D eigenvalue weighted by Gasteiger charge is 2.17. The summed E-state index contributed by atoms with van der Waals surface area (Å²) in [5, 5.41) is 9.83. The molecule has 0 saturated heterocycles. The van der Waals surface area contributed by atoms with E-state index in [0.29, 0.717) is 5.95 Å². The zero-order valence-corrected chi connectivity index (χ0v) is 9.78. The number of aromatic amines is 1. The Kier molecular flexibility index (Phi) is 2.64. The van der Waals surface area contributed by atoms with E-state index in [-0.39, 0.29) is 5.41 Å². The molecule has 0 amide bonds. The monoisotopic (exact) mass is 216 g/mol. The number of nitrogens with zero attached hydrogens (tertiary/aromatic N) is 2. The summed E-state index contributed by atoms with van der Waals surface area (Å²) in [6, 6.07) is 8.22. The van der Waals surface area contributed by atoms with E-state index in [1.165, 1.54) is 11.9 Å². The second-order valence-electron chi connectivity index (χ2n) is 4.75. The van der Waals surface area contributed by atoms with E-state index >= 15 is 0 Å². The van der Waals surface area contributed by atoms with Crippen molar-refractivity contribution >= 4 is 11.6 Å². The number of H-pyrrole nitrogens is 1. The van der Waals surface area contributed by atoms with Crippen LogP contribution in [0.15, 0.2) is 30.6 Å². The van der Waals surface area contributed by atoms with Gasteiger partial charge in [-0.25, -0.2) is 5.10 Å². The molecule has 0 fully saturated rings. The SMILES string of the molecule is CC(C)(C)c1ccccc1Nc1ncn[nH]1. The maximum Gasteiger partial charge on any atom is 0.222 e. The second kappa shape index (κ2) is 3.96. The fourth-order valence-corrected chi connectivity index (χ4v) is 1.64. The molecule has 0 aliphatic heterocycles. The number of anilines is 2. The van der Waals surface area contributed by atoms with Crippen molar-refractivity contribution in [1.82, 2.24) is 15.2 Å². The summed E-state index contributed by atoms with van der Waals surface area (Å²) in [6.07, 6.45) is 1.49. The van der Waals surface area contributed by atoms with E-state index in [1.807, 2.05) is 18.2 Å². The number of benzene rings is 1. The zero-order chi connectivity index (χ0) is 11.6. The van der Waals surface area contributed by atoms with Crippen LogP contribution in [0.2, 0.25) is 0 Å². The topological polar surface area (TPSA) is 53.6 Å². The van der Waals surface area contributed by atoms with Gasteiger partial charge in [0.2, 0.25) is 5.95 Å². The van der Waals surface area contributed by atoms with Crippen molar-refractivity contribution in [3.63, 3.8) is 0 Å². The molecule has 4 nitrogen and oxygen atoms in total. The minimum absolute atomic E-state index is 0.101. The summed E-state index contributed by atoms with van der Waals surface area (Å²) in [6.45, 7) is 6.57. The highest BCUT2D eigenvalue weighted by atomic mass is 15.3. The van der Waals surface area contributed by atoms with Crippen LogP contribution in [-0.2, 0) is 5.41 Å². The molecule has 2 N–H and O–H groups in total. The van der Waals surface area contributed by atoms with Gasteiger partial charge in [-0.1, -0.05) is 39.0 Å². The Hall–Kier alpha value is -1.84. The van der Waals surface area contributed by atoms with E-state index < -0.39 is 0 Å². The van der Waals surface area contributed by atoms with Crippen LogP contribution in [0, 0.1) is 0 Å². The lowest BCUT2D eigenvalue weighted by Crippen LogP contribution is -2.13. The average molecular weight is 216 g/mol. The minimum atomic E-state index is 0.101. The van der Waals surface area contributed by atoms with Crippen molar-refractivity contribution in [2.45, 2.75) is 26.2 Å². The van der Waals surface area contributed by atoms with E-state index in [4.69, 9.17) is 0 Å². The second-order valence-corrected chi connectivity index (χ2v) is 4.75. The normalized spacial score (nSPS) is 11.4. The number of rotatable bonds is 2. The molecule has 0 aliphatic rings. The van der Waals surface area contributed by atoms with Gasteiger partial charge in [0.15, 0.2) is 0 Å². The lowest BCUT2D eigenvalue weighted by molar-refractivity contribution is 0.592. The Balaban J connectivity index is 2.34. The molecule has 1 aromatic heterocycles. The summed E-state index contributed by atoms with van der Waals surface area (Å²) in [5.74, 6) is 0.664. The van der Waals surface area contributed by atoms with Crippen molar-refractivity contribution in [2.75, 3.05) is 5.32 Å². The third kappa shape index (κ3) is 2.21. The molecule has 0 atom stereocenters. The van der Waals surface area contributed by atoms with Gasteiger partial charge in [-0.2, -0.15) is 10.1 Å². The minimum Gasteiger partial charge on any atom is -0.324 e. The molecule has 1 aromatic carbocycles. The third-order valence-corrected chi connectivity index (χ3v) is 2.40. The Morgan fingerprint density at radius 2 is 1.94 bits per heavy atom. The lowest BCUT2D eigenvalue weighted by Gasteiger charge is -2.22. The van der Waals surface area contributed by atoms with Gasteiger partial charge in [-0.3, -0.25) is 0 Å². The Morgan fingerprint density at radius 3 is 2.56 bits per heavy atom. The smallest absolute Gasteiger partial charge is 0.222 e. The predicted octanol–water partition coefficient (Wildman–Crippen LogP) is 2.85. The maximum absolute atomic E-state index is 4.06. The molecular formula is C12H16N4. The first-order valence-electron chi connectivity index (χ1n) is 5.29. The van der Waals surface area contributed by atoms with Crippen LogP contribution in [0.4, 0.5) is 11.6 Å². The Morgan fingerprint density at radius 1 is 1.19 bits per heavy atom. The molecule has 2 aromatic rings. The van der Waals surface area contributed by atoms with Gasteiger partial charge in [0.05, 0.1) is 0 Å². The van der Waals surface area contributed by atoms with Crippen LogP contribution < -0.4 is 5.32 Å². The molecular weight excluding hydrogens is 200 g/mol. The largest absolute Gasteiger partial charge is 0.324 e.